The second kappa shape index (κ2) is 10.3. The third kappa shape index (κ3) is 5.22. The van der Waals surface area contributed by atoms with Gasteiger partial charge in [-0.05, 0) is 44.5 Å². The molecule has 2 N–H and O–H groups in total. The maximum Gasteiger partial charge on any atom is 0.191 e. The van der Waals surface area contributed by atoms with Gasteiger partial charge in [-0.25, -0.2) is 4.99 Å². The van der Waals surface area contributed by atoms with Gasteiger partial charge < -0.3 is 15.5 Å². The van der Waals surface area contributed by atoms with Gasteiger partial charge >= 0.3 is 0 Å². The normalized spacial score (nSPS) is 11.6. The molecule has 0 unspecified atom stereocenters. The van der Waals surface area contributed by atoms with Crippen molar-refractivity contribution in [3.63, 3.8) is 0 Å². The maximum atomic E-state index is 4.66. The van der Waals surface area contributed by atoms with Gasteiger partial charge in [0.05, 0.1) is 0 Å². The Morgan fingerprint density at radius 2 is 1.86 bits per heavy atom. The number of hydrogen-bond donors (Lipinski definition) is 2. The first-order valence-electron chi connectivity index (χ1n) is 9.92. The summed E-state index contributed by atoms with van der Waals surface area (Å²) in [5.41, 5.74) is 2.11. The lowest BCUT2D eigenvalue weighted by Gasteiger charge is -2.23. The molecule has 0 aliphatic rings. The van der Waals surface area contributed by atoms with Crippen LogP contribution in [0.3, 0.4) is 0 Å². The molecule has 3 rings (SSSR count). The minimum atomic E-state index is 0.478. The van der Waals surface area contributed by atoms with E-state index in [0.717, 1.165) is 50.0 Å². The Labute approximate surface area is 166 Å². The van der Waals surface area contributed by atoms with Gasteiger partial charge in [0.1, 0.15) is 6.54 Å². The fourth-order valence-electron chi connectivity index (χ4n) is 3.08. The van der Waals surface area contributed by atoms with Crippen LogP contribution in [0.1, 0.15) is 26.1 Å². The zero-order chi connectivity index (χ0) is 19.6. The second-order valence-electron chi connectivity index (χ2n) is 6.44. The van der Waals surface area contributed by atoms with Crippen molar-refractivity contribution in [2.75, 3.05) is 31.1 Å². The molecule has 2 heterocycles. The first kappa shape index (κ1) is 19.7. The largest absolute Gasteiger partial charge is 0.372 e. The molecule has 0 saturated carbocycles. The fraction of sp³-hybridized carbons (Fsp3) is 0.381. The number of guanidine groups is 1. The van der Waals surface area contributed by atoms with Crippen molar-refractivity contribution < 1.29 is 0 Å². The lowest BCUT2D eigenvalue weighted by molar-refractivity contribution is 0.707. The summed E-state index contributed by atoms with van der Waals surface area (Å²) in [6.45, 7) is 8.41. The zero-order valence-electron chi connectivity index (χ0n) is 16.7. The van der Waals surface area contributed by atoms with Crippen molar-refractivity contribution in [1.82, 2.24) is 25.2 Å². The summed E-state index contributed by atoms with van der Waals surface area (Å²) in [6, 6.07) is 16.4. The smallest absolute Gasteiger partial charge is 0.191 e. The minimum absolute atomic E-state index is 0.478. The van der Waals surface area contributed by atoms with E-state index in [-0.39, 0.29) is 0 Å². The number of pyridine rings is 1. The molecule has 0 fully saturated rings. The molecule has 1 aromatic carbocycles. The number of nitrogens with one attached hydrogen (secondary N) is 2. The van der Waals surface area contributed by atoms with Crippen LogP contribution in [0.5, 0.6) is 0 Å². The number of aromatic nitrogens is 3. The van der Waals surface area contributed by atoms with Crippen molar-refractivity contribution in [2.24, 2.45) is 4.99 Å². The number of aliphatic imine (C=N–C) groups is 1. The van der Waals surface area contributed by atoms with Gasteiger partial charge in [0.15, 0.2) is 17.4 Å². The van der Waals surface area contributed by atoms with Crippen LogP contribution in [-0.4, -0.2) is 46.7 Å². The van der Waals surface area contributed by atoms with Crippen LogP contribution in [0.25, 0.3) is 5.65 Å². The van der Waals surface area contributed by atoms with E-state index >= 15 is 0 Å². The van der Waals surface area contributed by atoms with E-state index in [1.165, 1.54) is 5.69 Å². The molecule has 0 aliphatic carbocycles. The molecular weight excluding hydrogens is 350 g/mol. The molecule has 0 amide bonds. The van der Waals surface area contributed by atoms with Crippen LogP contribution >= 0.6 is 0 Å². The molecule has 0 bridgehead atoms. The van der Waals surface area contributed by atoms with E-state index in [9.17, 15) is 0 Å². The van der Waals surface area contributed by atoms with E-state index in [1.807, 2.05) is 28.8 Å². The average molecular weight is 380 g/mol. The molecule has 0 spiro atoms. The molecule has 7 nitrogen and oxygen atoms in total. The van der Waals surface area contributed by atoms with Crippen LogP contribution < -0.4 is 15.5 Å². The highest BCUT2D eigenvalue weighted by Crippen LogP contribution is 2.12. The Kier molecular flexibility index (Phi) is 7.23. The number of nitrogens with zero attached hydrogens (tertiary/aromatic N) is 5. The maximum absolute atomic E-state index is 4.66. The quantitative estimate of drug-likeness (QED) is 0.340. The molecule has 2 aromatic heterocycles. The van der Waals surface area contributed by atoms with Crippen molar-refractivity contribution in [1.29, 1.82) is 0 Å². The third-order valence-corrected chi connectivity index (χ3v) is 4.51. The van der Waals surface area contributed by atoms with Gasteiger partial charge in [-0.2, -0.15) is 0 Å². The number of anilines is 1. The summed E-state index contributed by atoms with van der Waals surface area (Å²) >= 11 is 0. The van der Waals surface area contributed by atoms with E-state index in [2.05, 4.69) is 74.9 Å². The Bertz CT molecular complexity index is 873. The number of hydrogen-bond acceptors (Lipinski definition) is 4. The van der Waals surface area contributed by atoms with Gasteiger partial charge in [-0.1, -0.05) is 24.3 Å². The molecule has 0 aliphatic heterocycles. The van der Waals surface area contributed by atoms with Gasteiger partial charge in [0.2, 0.25) is 0 Å². The monoisotopic (exact) mass is 379 g/mol. The topological polar surface area (TPSA) is 69.8 Å². The van der Waals surface area contributed by atoms with Crippen LogP contribution in [-0.2, 0) is 6.54 Å². The molecular formula is C21H29N7. The molecule has 0 atom stereocenters. The number of para-hydroxylation sites is 1. The molecule has 0 radical (unpaired) electrons. The van der Waals surface area contributed by atoms with Gasteiger partial charge in [0, 0.05) is 38.1 Å². The van der Waals surface area contributed by atoms with Crippen LogP contribution in [0, 0.1) is 0 Å². The number of rotatable bonds is 9. The van der Waals surface area contributed by atoms with Gasteiger partial charge in [-0.3, -0.25) is 4.40 Å². The summed E-state index contributed by atoms with van der Waals surface area (Å²) in [7, 11) is 0. The van der Waals surface area contributed by atoms with Crippen LogP contribution in [0.4, 0.5) is 5.69 Å². The predicted molar refractivity (Wildman–Crippen MR) is 115 cm³/mol. The summed E-state index contributed by atoms with van der Waals surface area (Å²) < 4.78 is 1.96. The van der Waals surface area contributed by atoms with Gasteiger partial charge in [0.25, 0.3) is 0 Å². The minimum Gasteiger partial charge on any atom is -0.372 e. The summed E-state index contributed by atoms with van der Waals surface area (Å²) in [5, 5.41) is 15.1. The lowest BCUT2D eigenvalue weighted by Crippen LogP contribution is -2.38. The van der Waals surface area contributed by atoms with Gasteiger partial charge in [-0.15, -0.1) is 10.2 Å². The predicted octanol–water partition coefficient (Wildman–Crippen LogP) is 2.70. The van der Waals surface area contributed by atoms with Crippen molar-refractivity contribution in [3.05, 3.63) is 60.6 Å². The van der Waals surface area contributed by atoms with E-state index < -0.39 is 0 Å². The first-order chi connectivity index (χ1) is 13.8. The molecule has 7 heteroatoms. The molecule has 148 valence electrons. The van der Waals surface area contributed by atoms with E-state index in [0.29, 0.717) is 6.54 Å². The lowest BCUT2D eigenvalue weighted by atomic mass is 10.2. The van der Waals surface area contributed by atoms with Crippen LogP contribution in [0.2, 0.25) is 0 Å². The summed E-state index contributed by atoms with van der Waals surface area (Å²) in [5.74, 6) is 1.63. The third-order valence-electron chi connectivity index (χ3n) is 4.51. The first-order valence-corrected chi connectivity index (χ1v) is 9.92. The summed E-state index contributed by atoms with van der Waals surface area (Å²) in [4.78, 5) is 7.04. The standard InChI is InChI=1S/C21H29N7/c1-3-22-21(24-17-20-26-25-19-13-8-9-16-28(19)20)23-14-10-15-27(4-2)18-11-6-5-7-12-18/h5-9,11-13,16H,3-4,10,14-15,17H2,1-2H3,(H2,22,23,24). The number of fused-ring (bicyclic) bond motifs is 1. The Morgan fingerprint density at radius 3 is 2.64 bits per heavy atom. The fourth-order valence-corrected chi connectivity index (χ4v) is 3.08. The SMILES string of the molecule is CCNC(=NCc1nnc2ccccn12)NCCCN(CC)c1ccccc1. The van der Waals surface area contributed by atoms with E-state index in [4.69, 9.17) is 0 Å². The van der Waals surface area contributed by atoms with Crippen LogP contribution in [0.15, 0.2) is 59.7 Å². The van der Waals surface area contributed by atoms with Crippen molar-refractivity contribution in [3.8, 4) is 0 Å². The Balaban J connectivity index is 1.52. The Hall–Kier alpha value is -3.09. The zero-order valence-corrected chi connectivity index (χ0v) is 16.7. The van der Waals surface area contributed by atoms with Crippen molar-refractivity contribution >= 4 is 17.3 Å². The number of benzene rings is 1. The highest BCUT2D eigenvalue weighted by atomic mass is 15.3. The molecule has 0 saturated heterocycles. The molecule has 3 aromatic rings. The average Bonchev–Trinajstić information content (AvgIpc) is 3.16. The Morgan fingerprint density at radius 1 is 1.04 bits per heavy atom. The van der Waals surface area contributed by atoms with E-state index in [1.54, 1.807) is 0 Å². The highest BCUT2D eigenvalue weighted by molar-refractivity contribution is 5.79. The van der Waals surface area contributed by atoms with Crippen molar-refractivity contribution in [2.45, 2.75) is 26.8 Å². The summed E-state index contributed by atoms with van der Waals surface area (Å²) in [6.07, 6.45) is 2.99. The highest BCUT2D eigenvalue weighted by Gasteiger charge is 2.06. The molecule has 28 heavy (non-hydrogen) atoms. The second-order valence-corrected chi connectivity index (χ2v) is 6.44.